The Bertz CT molecular complexity index is 334. The van der Waals surface area contributed by atoms with Crippen LogP contribution in [-0.2, 0) is 4.79 Å². The zero-order chi connectivity index (χ0) is 9.90. The molecule has 0 fully saturated rings. The molecule has 0 saturated carbocycles. The van der Waals surface area contributed by atoms with Gasteiger partial charge in [0.1, 0.15) is 11.2 Å². The van der Waals surface area contributed by atoms with E-state index in [0.29, 0.717) is 5.82 Å². The van der Waals surface area contributed by atoms with Crippen LogP contribution in [0.25, 0.3) is 0 Å². The molecule has 0 atom stereocenters. The number of imidazole rings is 1. The van der Waals surface area contributed by atoms with Gasteiger partial charge in [-0.15, -0.1) is 0 Å². The number of nitriles is 1. The van der Waals surface area contributed by atoms with E-state index in [-0.39, 0.29) is 5.91 Å². The average Bonchev–Trinajstić information content (AvgIpc) is 2.57. The maximum absolute atomic E-state index is 11.4. The Morgan fingerprint density at radius 2 is 2.46 bits per heavy atom. The molecule has 1 aromatic heterocycles. The number of rotatable bonds is 2. The Labute approximate surface area is 75.8 Å². The van der Waals surface area contributed by atoms with Gasteiger partial charge in [0.2, 0.25) is 5.91 Å². The van der Waals surface area contributed by atoms with Crippen LogP contribution in [0.5, 0.6) is 0 Å². The van der Waals surface area contributed by atoms with E-state index in [4.69, 9.17) is 5.26 Å². The van der Waals surface area contributed by atoms with E-state index in [9.17, 15) is 4.79 Å². The molecule has 0 unspecified atom stereocenters. The van der Waals surface area contributed by atoms with Crippen molar-refractivity contribution < 1.29 is 4.79 Å². The van der Waals surface area contributed by atoms with E-state index in [1.165, 1.54) is 12.5 Å². The van der Waals surface area contributed by atoms with Crippen molar-refractivity contribution in [2.75, 3.05) is 5.32 Å². The van der Waals surface area contributed by atoms with Crippen LogP contribution in [0.3, 0.4) is 0 Å². The van der Waals surface area contributed by atoms with Crippen molar-refractivity contribution in [3.63, 3.8) is 0 Å². The third-order valence-corrected chi connectivity index (χ3v) is 1.59. The summed E-state index contributed by atoms with van der Waals surface area (Å²) in [4.78, 5) is 17.8. The zero-order valence-corrected chi connectivity index (χ0v) is 7.46. The molecule has 2 N–H and O–H groups in total. The molecule has 1 heterocycles. The molecule has 68 valence electrons. The highest BCUT2D eigenvalue weighted by Crippen LogP contribution is 2.15. The Morgan fingerprint density at radius 3 is 2.92 bits per heavy atom. The summed E-state index contributed by atoms with van der Waals surface area (Å²) in [6, 6.07) is 1.91. The number of nitrogens with zero attached hydrogens (tertiary/aromatic N) is 2. The van der Waals surface area contributed by atoms with Crippen LogP contribution >= 0.6 is 0 Å². The molecular weight excluding hydrogens is 168 g/mol. The van der Waals surface area contributed by atoms with E-state index < -0.39 is 5.41 Å². The highest BCUT2D eigenvalue weighted by atomic mass is 16.2. The van der Waals surface area contributed by atoms with Crippen LogP contribution in [0, 0.1) is 16.7 Å². The molecule has 5 nitrogen and oxygen atoms in total. The maximum atomic E-state index is 11.4. The average molecular weight is 178 g/mol. The number of aromatic nitrogens is 2. The van der Waals surface area contributed by atoms with Gasteiger partial charge in [0.25, 0.3) is 0 Å². The number of H-pyrrole nitrogens is 1. The third-order valence-electron chi connectivity index (χ3n) is 1.59. The van der Waals surface area contributed by atoms with Gasteiger partial charge in [-0.1, -0.05) is 0 Å². The first-order chi connectivity index (χ1) is 6.06. The second kappa shape index (κ2) is 3.27. The van der Waals surface area contributed by atoms with Crippen molar-refractivity contribution in [2.45, 2.75) is 13.8 Å². The minimum absolute atomic E-state index is 0.348. The number of nitrogens with one attached hydrogen (secondary N) is 2. The molecule has 0 radical (unpaired) electrons. The molecule has 0 aliphatic rings. The van der Waals surface area contributed by atoms with E-state index in [1.54, 1.807) is 13.8 Å². The molecule has 13 heavy (non-hydrogen) atoms. The fourth-order valence-electron chi connectivity index (χ4n) is 0.654. The molecule has 5 heteroatoms. The SMILES string of the molecule is CC(C)(C#N)C(=O)Nc1cnc[nH]1. The summed E-state index contributed by atoms with van der Waals surface area (Å²) in [5, 5.41) is 11.2. The van der Waals surface area contributed by atoms with Crippen LogP contribution < -0.4 is 5.32 Å². The number of carbonyl (C=O) groups is 1. The monoisotopic (exact) mass is 178 g/mol. The molecule has 0 aromatic carbocycles. The lowest BCUT2D eigenvalue weighted by atomic mass is 9.95. The van der Waals surface area contributed by atoms with Crippen molar-refractivity contribution in [1.82, 2.24) is 9.97 Å². The van der Waals surface area contributed by atoms with Crippen molar-refractivity contribution in [2.24, 2.45) is 5.41 Å². The quantitative estimate of drug-likeness (QED) is 0.705. The van der Waals surface area contributed by atoms with Crippen molar-refractivity contribution >= 4 is 11.7 Å². The largest absolute Gasteiger partial charge is 0.331 e. The van der Waals surface area contributed by atoms with Gasteiger partial charge in [-0.05, 0) is 13.8 Å². The van der Waals surface area contributed by atoms with Gasteiger partial charge >= 0.3 is 0 Å². The van der Waals surface area contributed by atoms with Gasteiger partial charge in [-0.2, -0.15) is 5.26 Å². The highest BCUT2D eigenvalue weighted by molar-refractivity contribution is 5.95. The molecule has 0 aliphatic carbocycles. The first-order valence-corrected chi connectivity index (χ1v) is 3.77. The Balaban J connectivity index is 2.68. The van der Waals surface area contributed by atoms with Gasteiger partial charge in [-0.3, -0.25) is 4.79 Å². The summed E-state index contributed by atoms with van der Waals surface area (Å²) < 4.78 is 0. The zero-order valence-electron chi connectivity index (χ0n) is 7.46. The van der Waals surface area contributed by atoms with Gasteiger partial charge < -0.3 is 10.3 Å². The van der Waals surface area contributed by atoms with Crippen LogP contribution in [0.4, 0.5) is 5.82 Å². The number of amides is 1. The molecule has 1 aromatic rings. The van der Waals surface area contributed by atoms with Gasteiger partial charge in [-0.25, -0.2) is 4.98 Å². The Kier molecular flexibility index (Phi) is 2.33. The van der Waals surface area contributed by atoms with Gasteiger partial charge in [0.05, 0.1) is 18.6 Å². The number of anilines is 1. The molecule has 0 aliphatic heterocycles. The molecule has 0 saturated heterocycles. The van der Waals surface area contributed by atoms with Crippen molar-refractivity contribution in [3.05, 3.63) is 12.5 Å². The lowest BCUT2D eigenvalue weighted by molar-refractivity contribution is -0.121. The van der Waals surface area contributed by atoms with E-state index >= 15 is 0 Å². The topological polar surface area (TPSA) is 81.6 Å². The summed E-state index contributed by atoms with van der Waals surface area (Å²) in [6.45, 7) is 3.11. The normalized spacial score (nSPS) is 10.5. The molecule has 1 rings (SSSR count). The maximum Gasteiger partial charge on any atom is 0.245 e. The summed E-state index contributed by atoms with van der Waals surface area (Å²) in [5.41, 5.74) is -1.02. The molecule has 0 bridgehead atoms. The predicted molar refractivity (Wildman–Crippen MR) is 46.6 cm³/mol. The molecule has 0 spiro atoms. The van der Waals surface area contributed by atoms with Crippen LogP contribution in [0.2, 0.25) is 0 Å². The summed E-state index contributed by atoms with van der Waals surface area (Å²) >= 11 is 0. The summed E-state index contributed by atoms with van der Waals surface area (Å²) in [6.07, 6.45) is 2.93. The Morgan fingerprint density at radius 1 is 1.77 bits per heavy atom. The minimum Gasteiger partial charge on any atom is -0.331 e. The first kappa shape index (κ1) is 9.26. The van der Waals surface area contributed by atoms with Crippen molar-refractivity contribution in [3.8, 4) is 6.07 Å². The lowest BCUT2D eigenvalue weighted by Gasteiger charge is -2.13. The number of aromatic amines is 1. The first-order valence-electron chi connectivity index (χ1n) is 3.77. The second-order valence-electron chi connectivity index (χ2n) is 3.16. The van der Waals surface area contributed by atoms with Gasteiger partial charge in [0.15, 0.2) is 0 Å². The standard InChI is InChI=1S/C8H10N4O/c1-8(2,4-9)7(13)12-6-3-10-5-11-6/h3,5H,1-2H3,(H,10,11)(H,12,13). The lowest BCUT2D eigenvalue weighted by Crippen LogP contribution is -2.29. The second-order valence-corrected chi connectivity index (χ2v) is 3.16. The fourth-order valence-corrected chi connectivity index (χ4v) is 0.654. The van der Waals surface area contributed by atoms with Crippen molar-refractivity contribution in [1.29, 1.82) is 5.26 Å². The van der Waals surface area contributed by atoms with E-state index in [0.717, 1.165) is 0 Å². The third kappa shape index (κ3) is 2.06. The Hall–Kier alpha value is -1.83. The predicted octanol–water partition coefficient (Wildman–Crippen LogP) is 0.898. The van der Waals surface area contributed by atoms with Crippen LogP contribution in [0.1, 0.15) is 13.8 Å². The van der Waals surface area contributed by atoms with Gasteiger partial charge in [0, 0.05) is 0 Å². The summed E-state index contributed by atoms with van der Waals surface area (Å²) in [5.74, 6) is 0.146. The fraction of sp³-hybridized carbons (Fsp3) is 0.375. The number of hydrogen-bond donors (Lipinski definition) is 2. The molecule has 1 amide bonds. The molecular formula is C8H10N4O. The van der Waals surface area contributed by atoms with Crippen LogP contribution in [0.15, 0.2) is 12.5 Å². The smallest absolute Gasteiger partial charge is 0.245 e. The number of hydrogen-bond acceptors (Lipinski definition) is 3. The van der Waals surface area contributed by atoms with E-state index in [1.807, 2.05) is 6.07 Å². The highest BCUT2D eigenvalue weighted by Gasteiger charge is 2.27. The summed E-state index contributed by atoms with van der Waals surface area (Å²) in [7, 11) is 0. The van der Waals surface area contributed by atoms with Crippen LogP contribution in [-0.4, -0.2) is 15.9 Å². The van der Waals surface area contributed by atoms with E-state index in [2.05, 4.69) is 15.3 Å². The minimum atomic E-state index is -1.02. The number of carbonyl (C=O) groups excluding carboxylic acids is 1.